The van der Waals surface area contributed by atoms with E-state index in [1.807, 2.05) is 0 Å². The summed E-state index contributed by atoms with van der Waals surface area (Å²) in [6, 6.07) is 4.54. The van der Waals surface area contributed by atoms with Gasteiger partial charge in [-0.25, -0.2) is 9.37 Å². The van der Waals surface area contributed by atoms with Crippen molar-refractivity contribution >= 4 is 34.3 Å². The van der Waals surface area contributed by atoms with Crippen LogP contribution >= 0.6 is 11.3 Å². The number of rotatable bonds is 6. The van der Waals surface area contributed by atoms with Crippen molar-refractivity contribution in [2.24, 2.45) is 0 Å². The van der Waals surface area contributed by atoms with Gasteiger partial charge >= 0.3 is 5.97 Å². The molecule has 0 aliphatic rings. The van der Waals surface area contributed by atoms with Crippen LogP contribution in [0, 0.1) is 5.82 Å². The Morgan fingerprint density at radius 2 is 2.04 bits per heavy atom. The second-order valence-corrected chi connectivity index (χ2v) is 5.74. The van der Waals surface area contributed by atoms with Gasteiger partial charge in [0.1, 0.15) is 11.9 Å². The molecule has 0 spiro atoms. The van der Waals surface area contributed by atoms with Gasteiger partial charge in [0.25, 0.3) is 5.91 Å². The number of carboxylic acids is 1. The number of nitrogens with zero attached hydrogens (tertiary/aromatic N) is 1. The molecule has 0 bridgehead atoms. The van der Waals surface area contributed by atoms with Crippen LogP contribution in [0.15, 0.2) is 29.6 Å². The zero-order chi connectivity index (χ0) is 17.7. The van der Waals surface area contributed by atoms with Crippen LogP contribution in [0.1, 0.15) is 23.0 Å². The number of thiazole rings is 1. The van der Waals surface area contributed by atoms with Crippen molar-refractivity contribution in [3.05, 3.63) is 46.7 Å². The topological polar surface area (TPSA) is 108 Å². The number of nitrogens with one attached hydrogen (secondary N) is 2. The SMILES string of the molecule is CC(NC(=O)Cc1csc(NC(=O)c2ccccc2F)n1)C(=O)O. The number of carboxylic acid groups (broad SMARTS) is 1. The molecule has 1 heterocycles. The predicted octanol–water partition coefficient (Wildman–Crippen LogP) is 1.67. The average molecular weight is 351 g/mol. The molecule has 126 valence electrons. The Hall–Kier alpha value is -2.81. The van der Waals surface area contributed by atoms with Crippen molar-refractivity contribution in [2.45, 2.75) is 19.4 Å². The van der Waals surface area contributed by atoms with Crippen LogP contribution < -0.4 is 10.6 Å². The van der Waals surface area contributed by atoms with Crippen molar-refractivity contribution in [3.8, 4) is 0 Å². The van der Waals surface area contributed by atoms with Crippen LogP contribution in [0.2, 0.25) is 0 Å². The Morgan fingerprint density at radius 1 is 1.33 bits per heavy atom. The summed E-state index contributed by atoms with van der Waals surface area (Å²) in [7, 11) is 0. The molecule has 0 fully saturated rings. The molecular weight excluding hydrogens is 337 g/mol. The van der Waals surface area contributed by atoms with E-state index in [1.54, 1.807) is 11.4 Å². The first-order chi connectivity index (χ1) is 11.4. The molecule has 24 heavy (non-hydrogen) atoms. The maximum absolute atomic E-state index is 13.5. The molecule has 9 heteroatoms. The fraction of sp³-hybridized carbons (Fsp3) is 0.200. The third kappa shape index (κ3) is 4.59. The number of halogens is 1. The maximum Gasteiger partial charge on any atom is 0.325 e. The highest BCUT2D eigenvalue weighted by atomic mass is 32.1. The van der Waals surface area contributed by atoms with E-state index in [2.05, 4.69) is 15.6 Å². The van der Waals surface area contributed by atoms with Crippen molar-refractivity contribution in [2.75, 3.05) is 5.32 Å². The lowest BCUT2D eigenvalue weighted by atomic mass is 10.2. The number of hydrogen-bond donors (Lipinski definition) is 3. The molecule has 7 nitrogen and oxygen atoms in total. The predicted molar refractivity (Wildman–Crippen MR) is 85.4 cm³/mol. The summed E-state index contributed by atoms with van der Waals surface area (Å²) >= 11 is 1.08. The Morgan fingerprint density at radius 3 is 2.71 bits per heavy atom. The Bertz CT molecular complexity index is 778. The van der Waals surface area contributed by atoms with Crippen LogP contribution in [0.5, 0.6) is 0 Å². The molecule has 0 radical (unpaired) electrons. The first-order valence-electron chi connectivity index (χ1n) is 6.89. The number of aromatic nitrogens is 1. The smallest absolute Gasteiger partial charge is 0.325 e. The molecule has 0 aliphatic heterocycles. The molecule has 0 saturated heterocycles. The lowest BCUT2D eigenvalue weighted by Gasteiger charge is -2.07. The zero-order valence-corrected chi connectivity index (χ0v) is 13.4. The lowest BCUT2D eigenvalue weighted by Crippen LogP contribution is -2.39. The summed E-state index contributed by atoms with van der Waals surface area (Å²) in [4.78, 5) is 38.4. The standard InChI is InChI=1S/C15H14FN3O4S/c1-8(14(22)23)17-12(20)6-9-7-24-15(18-9)19-13(21)10-4-2-3-5-11(10)16/h2-5,7-8H,6H2,1H3,(H,17,20)(H,22,23)(H,18,19,21). The van der Waals surface area contributed by atoms with Gasteiger partial charge in [-0.3, -0.25) is 19.7 Å². The molecule has 1 atom stereocenters. The second-order valence-electron chi connectivity index (χ2n) is 4.88. The van der Waals surface area contributed by atoms with Crippen molar-refractivity contribution in [1.29, 1.82) is 0 Å². The number of carbonyl (C=O) groups is 3. The van der Waals surface area contributed by atoms with Crippen molar-refractivity contribution in [3.63, 3.8) is 0 Å². The first-order valence-corrected chi connectivity index (χ1v) is 7.77. The van der Waals surface area contributed by atoms with E-state index in [0.717, 1.165) is 11.3 Å². The maximum atomic E-state index is 13.5. The van der Waals surface area contributed by atoms with Gasteiger partial charge in [-0.15, -0.1) is 11.3 Å². The molecule has 1 unspecified atom stereocenters. The fourth-order valence-corrected chi connectivity index (χ4v) is 2.48. The largest absolute Gasteiger partial charge is 0.480 e. The number of anilines is 1. The van der Waals surface area contributed by atoms with Crippen LogP contribution in [0.25, 0.3) is 0 Å². The van der Waals surface area contributed by atoms with E-state index < -0.39 is 29.6 Å². The highest BCUT2D eigenvalue weighted by Crippen LogP contribution is 2.17. The molecule has 0 saturated carbocycles. The average Bonchev–Trinajstić information content (AvgIpc) is 2.94. The van der Waals surface area contributed by atoms with Crippen molar-refractivity contribution in [1.82, 2.24) is 10.3 Å². The van der Waals surface area contributed by atoms with Crippen LogP contribution in [0.4, 0.5) is 9.52 Å². The normalized spacial score (nSPS) is 11.6. The zero-order valence-electron chi connectivity index (χ0n) is 12.6. The molecule has 3 N–H and O–H groups in total. The van der Waals surface area contributed by atoms with E-state index >= 15 is 0 Å². The summed E-state index contributed by atoms with van der Waals surface area (Å²) < 4.78 is 13.5. The minimum absolute atomic E-state index is 0.109. The molecule has 1 aromatic carbocycles. The van der Waals surface area contributed by atoms with E-state index in [1.165, 1.54) is 25.1 Å². The van der Waals surface area contributed by atoms with Crippen LogP contribution in [-0.4, -0.2) is 33.9 Å². The molecule has 2 aromatic rings. The molecule has 2 amide bonds. The highest BCUT2D eigenvalue weighted by molar-refractivity contribution is 7.14. The van der Waals surface area contributed by atoms with Gasteiger partial charge in [0.2, 0.25) is 5.91 Å². The lowest BCUT2D eigenvalue weighted by molar-refractivity contribution is -0.141. The summed E-state index contributed by atoms with van der Waals surface area (Å²) in [6.07, 6.45) is -0.121. The summed E-state index contributed by atoms with van der Waals surface area (Å²) in [5.41, 5.74) is 0.265. The van der Waals surface area contributed by atoms with E-state index in [9.17, 15) is 18.8 Å². The van der Waals surface area contributed by atoms with Crippen LogP contribution in [0.3, 0.4) is 0 Å². The third-order valence-electron chi connectivity index (χ3n) is 2.98. The monoisotopic (exact) mass is 351 g/mol. The molecule has 1 aromatic heterocycles. The summed E-state index contributed by atoms with van der Waals surface area (Å²) in [5.74, 6) is -2.92. The van der Waals surface area contributed by atoms with Crippen molar-refractivity contribution < 1.29 is 23.9 Å². The van der Waals surface area contributed by atoms with Gasteiger partial charge in [-0.05, 0) is 19.1 Å². The van der Waals surface area contributed by atoms with E-state index in [0.29, 0.717) is 5.69 Å². The Balaban J connectivity index is 1.96. The molecular formula is C15H14FN3O4S. The van der Waals surface area contributed by atoms with Gasteiger partial charge in [-0.1, -0.05) is 12.1 Å². The second kappa shape index (κ2) is 7.64. The number of aliphatic carboxylic acids is 1. The quantitative estimate of drug-likeness (QED) is 0.733. The number of carbonyl (C=O) groups excluding carboxylic acids is 2. The van der Waals surface area contributed by atoms with E-state index in [-0.39, 0.29) is 17.1 Å². The van der Waals surface area contributed by atoms with Gasteiger partial charge in [0, 0.05) is 5.38 Å². The van der Waals surface area contributed by atoms with Crippen LogP contribution in [-0.2, 0) is 16.0 Å². The van der Waals surface area contributed by atoms with Gasteiger partial charge in [0.05, 0.1) is 17.7 Å². The fourth-order valence-electron chi connectivity index (χ4n) is 1.77. The number of benzene rings is 1. The highest BCUT2D eigenvalue weighted by Gasteiger charge is 2.16. The third-order valence-corrected chi connectivity index (χ3v) is 3.79. The molecule has 0 aliphatic carbocycles. The Kier molecular flexibility index (Phi) is 5.59. The number of hydrogen-bond acceptors (Lipinski definition) is 5. The summed E-state index contributed by atoms with van der Waals surface area (Å²) in [5, 5.41) is 15.3. The first kappa shape index (κ1) is 17.5. The van der Waals surface area contributed by atoms with Gasteiger partial charge in [0.15, 0.2) is 5.13 Å². The number of amides is 2. The summed E-state index contributed by atoms with van der Waals surface area (Å²) in [6.45, 7) is 1.35. The minimum atomic E-state index is -1.14. The van der Waals surface area contributed by atoms with E-state index in [4.69, 9.17) is 5.11 Å². The minimum Gasteiger partial charge on any atom is -0.480 e. The van der Waals surface area contributed by atoms with Gasteiger partial charge < -0.3 is 10.4 Å². The molecule has 2 rings (SSSR count). The van der Waals surface area contributed by atoms with Gasteiger partial charge in [-0.2, -0.15) is 0 Å². The Labute approximate surface area is 140 Å².